The van der Waals surface area contributed by atoms with Gasteiger partial charge in [0, 0.05) is 17.4 Å². The van der Waals surface area contributed by atoms with E-state index in [9.17, 15) is 13.2 Å². The van der Waals surface area contributed by atoms with Crippen molar-refractivity contribution in [2.24, 2.45) is 0 Å². The van der Waals surface area contributed by atoms with Gasteiger partial charge in [-0.2, -0.15) is 5.10 Å². The lowest BCUT2D eigenvalue weighted by Crippen LogP contribution is -2.15. The summed E-state index contributed by atoms with van der Waals surface area (Å²) in [6.07, 6.45) is 2.70. The Morgan fingerprint density at radius 3 is 2.50 bits per heavy atom. The predicted octanol–water partition coefficient (Wildman–Crippen LogP) is 1.68. The van der Waals surface area contributed by atoms with E-state index in [4.69, 9.17) is 0 Å². The van der Waals surface area contributed by atoms with E-state index in [0.717, 1.165) is 11.8 Å². The van der Waals surface area contributed by atoms with E-state index in [1.165, 1.54) is 12.1 Å². The van der Waals surface area contributed by atoms with Crippen molar-refractivity contribution in [2.45, 2.75) is 18.7 Å². The summed E-state index contributed by atoms with van der Waals surface area (Å²) in [7, 11) is -3.35. The number of rotatable bonds is 3. The van der Waals surface area contributed by atoms with Gasteiger partial charge in [-0.1, -0.05) is 6.07 Å². The molecule has 0 spiro atoms. The monoisotopic (exact) mass is 293 g/mol. The number of benzene rings is 1. The van der Waals surface area contributed by atoms with E-state index < -0.39 is 9.84 Å². The first-order valence-corrected chi connectivity index (χ1v) is 7.80. The molecule has 7 heteroatoms. The fourth-order valence-corrected chi connectivity index (χ4v) is 2.38. The van der Waals surface area contributed by atoms with Crippen LogP contribution in [0.4, 0.5) is 5.82 Å². The topological polar surface area (TPSA) is 91.9 Å². The van der Waals surface area contributed by atoms with E-state index in [2.05, 4.69) is 15.5 Å². The highest BCUT2D eigenvalue weighted by Crippen LogP contribution is 2.18. The average Bonchev–Trinajstić information content (AvgIpc) is 2.74. The van der Waals surface area contributed by atoms with Crippen LogP contribution in [0.5, 0.6) is 0 Å². The number of aromatic amines is 1. The molecule has 0 atom stereocenters. The number of anilines is 1. The SMILES string of the molecule is Cc1ccc(S(C)(=O)=O)cc1C(=O)Nc1[nH]ncc1C. The number of H-pyrrole nitrogens is 1. The standard InChI is InChI=1S/C13H15N3O3S/c1-8-4-5-10(20(3,18)19)6-11(8)13(17)15-12-9(2)7-14-16-12/h4-7H,1-3H3,(H2,14,15,16,17). The molecule has 1 aromatic heterocycles. The number of nitrogens with one attached hydrogen (secondary N) is 2. The largest absolute Gasteiger partial charge is 0.307 e. The van der Waals surface area contributed by atoms with Gasteiger partial charge in [0.05, 0.1) is 11.1 Å². The molecule has 0 unspecified atom stereocenters. The minimum Gasteiger partial charge on any atom is -0.307 e. The first-order chi connectivity index (χ1) is 9.29. The van der Waals surface area contributed by atoms with Gasteiger partial charge in [-0.05, 0) is 31.5 Å². The van der Waals surface area contributed by atoms with Gasteiger partial charge in [0.25, 0.3) is 5.91 Å². The van der Waals surface area contributed by atoms with Gasteiger partial charge in [0.1, 0.15) is 5.82 Å². The van der Waals surface area contributed by atoms with Crippen LogP contribution in [0.1, 0.15) is 21.5 Å². The Balaban J connectivity index is 2.37. The lowest BCUT2D eigenvalue weighted by molar-refractivity contribution is 0.102. The van der Waals surface area contributed by atoms with Crippen LogP contribution >= 0.6 is 0 Å². The van der Waals surface area contributed by atoms with Crippen molar-refractivity contribution in [3.05, 3.63) is 41.1 Å². The lowest BCUT2D eigenvalue weighted by atomic mass is 10.1. The minimum atomic E-state index is -3.35. The number of sulfone groups is 1. The molecule has 0 aliphatic heterocycles. The number of carbonyl (C=O) groups excluding carboxylic acids is 1. The molecule has 0 aliphatic carbocycles. The van der Waals surface area contributed by atoms with Gasteiger partial charge in [-0.15, -0.1) is 0 Å². The molecule has 0 saturated heterocycles. The number of carbonyl (C=O) groups is 1. The molecule has 1 amide bonds. The first kappa shape index (κ1) is 14.3. The zero-order chi connectivity index (χ0) is 14.9. The summed E-state index contributed by atoms with van der Waals surface area (Å²) in [5.41, 5.74) is 1.82. The highest BCUT2D eigenvalue weighted by molar-refractivity contribution is 7.90. The summed E-state index contributed by atoms with van der Waals surface area (Å²) in [5, 5.41) is 9.16. The third kappa shape index (κ3) is 2.88. The number of amides is 1. The smallest absolute Gasteiger partial charge is 0.257 e. The van der Waals surface area contributed by atoms with Gasteiger partial charge >= 0.3 is 0 Å². The van der Waals surface area contributed by atoms with Crippen molar-refractivity contribution in [3.63, 3.8) is 0 Å². The van der Waals surface area contributed by atoms with Crippen LogP contribution in [0.15, 0.2) is 29.3 Å². The molecule has 1 aromatic carbocycles. The molecule has 106 valence electrons. The van der Waals surface area contributed by atoms with Crippen molar-refractivity contribution in [1.82, 2.24) is 10.2 Å². The number of nitrogens with zero attached hydrogens (tertiary/aromatic N) is 1. The van der Waals surface area contributed by atoms with Crippen molar-refractivity contribution >= 4 is 21.6 Å². The molecule has 2 N–H and O–H groups in total. The molecule has 0 saturated carbocycles. The second-order valence-electron chi connectivity index (χ2n) is 4.63. The summed E-state index contributed by atoms with van der Waals surface area (Å²) in [6.45, 7) is 3.56. The van der Waals surface area contributed by atoms with Crippen LogP contribution in [0, 0.1) is 13.8 Å². The lowest BCUT2D eigenvalue weighted by Gasteiger charge is -2.08. The summed E-state index contributed by atoms with van der Waals surface area (Å²) < 4.78 is 23.1. The van der Waals surface area contributed by atoms with Gasteiger partial charge < -0.3 is 5.32 Å². The summed E-state index contributed by atoms with van der Waals surface area (Å²) in [6, 6.07) is 4.49. The highest BCUT2D eigenvalue weighted by Gasteiger charge is 2.15. The molecule has 1 heterocycles. The number of aryl methyl sites for hydroxylation is 2. The maximum absolute atomic E-state index is 12.2. The highest BCUT2D eigenvalue weighted by atomic mass is 32.2. The molecule has 0 aliphatic rings. The molecular formula is C13H15N3O3S. The Hall–Kier alpha value is -2.15. The van der Waals surface area contributed by atoms with Crippen LogP contribution in [0.25, 0.3) is 0 Å². The number of aromatic nitrogens is 2. The first-order valence-electron chi connectivity index (χ1n) is 5.91. The third-order valence-corrected chi connectivity index (χ3v) is 4.06. The fraction of sp³-hybridized carbons (Fsp3) is 0.231. The van der Waals surface area contributed by atoms with Crippen molar-refractivity contribution in [1.29, 1.82) is 0 Å². The van der Waals surface area contributed by atoms with Gasteiger partial charge in [0.2, 0.25) is 0 Å². The van der Waals surface area contributed by atoms with Crippen LogP contribution in [0.3, 0.4) is 0 Å². The van der Waals surface area contributed by atoms with Gasteiger partial charge in [-0.25, -0.2) is 8.42 Å². The van der Waals surface area contributed by atoms with Crippen molar-refractivity contribution in [2.75, 3.05) is 11.6 Å². The Morgan fingerprint density at radius 2 is 1.95 bits per heavy atom. The second-order valence-corrected chi connectivity index (χ2v) is 6.65. The molecule has 20 heavy (non-hydrogen) atoms. The fourth-order valence-electron chi connectivity index (χ4n) is 1.73. The number of hydrogen-bond acceptors (Lipinski definition) is 4. The van der Waals surface area contributed by atoms with Crippen LogP contribution in [-0.4, -0.2) is 30.8 Å². The zero-order valence-electron chi connectivity index (χ0n) is 11.4. The van der Waals surface area contributed by atoms with Gasteiger partial charge in [-0.3, -0.25) is 9.89 Å². The predicted molar refractivity (Wildman–Crippen MR) is 75.6 cm³/mol. The molecule has 2 rings (SSSR count). The molecular weight excluding hydrogens is 278 g/mol. The normalized spacial score (nSPS) is 11.3. The maximum atomic E-state index is 12.2. The molecule has 6 nitrogen and oxygen atoms in total. The van der Waals surface area contributed by atoms with E-state index >= 15 is 0 Å². The van der Waals surface area contributed by atoms with Crippen LogP contribution < -0.4 is 5.32 Å². The quantitative estimate of drug-likeness (QED) is 0.900. The molecule has 2 aromatic rings. The second kappa shape index (κ2) is 5.09. The summed E-state index contributed by atoms with van der Waals surface area (Å²) >= 11 is 0. The van der Waals surface area contributed by atoms with E-state index in [-0.39, 0.29) is 10.8 Å². The molecule has 0 bridgehead atoms. The zero-order valence-corrected chi connectivity index (χ0v) is 12.2. The maximum Gasteiger partial charge on any atom is 0.257 e. The van der Waals surface area contributed by atoms with Crippen molar-refractivity contribution < 1.29 is 13.2 Å². The van der Waals surface area contributed by atoms with Gasteiger partial charge in [0.15, 0.2) is 9.84 Å². The molecule has 0 fully saturated rings. The Bertz CT molecular complexity index is 763. The van der Waals surface area contributed by atoms with E-state index in [1.807, 2.05) is 0 Å². The van der Waals surface area contributed by atoms with Crippen molar-refractivity contribution in [3.8, 4) is 0 Å². The van der Waals surface area contributed by atoms with E-state index in [1.54, 1.807) is 26.1 Å². The van der Waals surface area contributed by atoms with Crippen LogP contribution in [-0.2, 0) is 9.84 Å². The summed E-state index contributed by atoms with van der Waals surface area (Å²) in [4.78, 5) is 12.3. The average molecular weight is 293 g/mol. The Kier molecular flexibility index (Phi) is 3.63. The minimum absolute atomic E-state index is 0.120. The Morgan fingerprint density at radius 1 is 1.25 bits per heavy atom. The Labute approximate surface area is 117 Å². The molecule has 0 radical (unpaired) electrons. The third-order valence-electron chi connectivity index (χ3n) is 2.95. The van der Waals surface area contributed by atoms with E-state index in [0.29, 0.717) is 16.9 Å². The summed E-state index contributed by atoms with van der Waals surface area (Å²) in [5.74, 6) is 0.125. The van der Waals surface area contributed by atoms with Crippen LogP contribution in [0.2, 0.25) is 0 Å². The number of hydrogen-bond donors (Lipinski definition) is 2.